The van der Waals surface area contributed by atoms with Crippen molar-refractivity contribution in [2.24, 2.45) is 0 Å². The van der Waals surface area contributed by atoms with E-state index in [1.165, 1.54) is 24.3 Å². The van der Waals surface area contributed by atoms with Crippen molar-refractivity contribution in [3.05, 3.63) is 71.6 Å². The molecule has 3 rings (SSSR count). The molecular formula is C20H17N3O5S. The normalized spacial score (nSPS) is 11.0. The minimum absolute atomic E-state index is 0.0517. The smallest absolute Gasteiger partial charge is 0.321 e. The Kier molecular flexibility index (Phi) is 6.07. The van der Waals surface area contributed by atoms with E-state index in [1.807, 2.05) is 36.4 Å². The molecule has 0 saturated carbocycles. The SMILES string of the molecule is Cc1oc(-c2ccccc2)nc1COC(=O)CNS(=O)(=O)c1ccc(C#N)cc1. The molecule has 9 heteroatoms. The van der Waals surface area contributed by atoms with Gasteiger partial charge in [-0.2, -0.15) is 9.98 Å². The number of nitrogens with one attached hydrogen (secondary N) is 1. The molecule has 0 fully saturated rings. The number of carbonyl (C=O) groups excluding carboxylic acids is 1. The molecule has 1 N–H and O–H groups in total. The number of benzene rings is 2. The zero-order valence-electron chi connectivity index (χ0n) is 15.5. The molecule has 3 aromatic rings. The number of nitriles is 1. The highest BCUT2D eigenvalue weighted by atomic mass is 32.2. The average Bonchev–Trinajstić information content (AvgIpc) is 3.12. The third-order valence-electron chi connectivity index (χ3n) is 3.98. The molecule has 148 valence electrons. The van der Waals surface area contributed by atoms with Gasteiger partial charge in [-0.25, -0.2) is 13.4 Å². The van der Waals surface area contributed by atoms with Gasteiger partial charge in [0.05, 0.1) is 16.5 Å². The first-order valence-electron chi connectivity index (χ1n) is 8.56. The first-order chi connectivity index (χ1) is 13.9. The maximum absolute atomic E-state index is 12.2. The van der Waals surface area contributed by atoms with E-state index in [1.54, 1.807) is 6.92 Å². The van der Waals surface area contributed by atoms with E-state index in [-0.39, 0.29) is 11.5 Å². The van der Waals surface area contributed by atoms with Crippen LogP contribution < -0.4 is 4.72 Å². The number of sulfonamides is 1. The van der Waals surface area contributed by atoms with E-state index >= 15 is 0 Å². The first-order valence-corrected chi connectivity index (χ1v) is 10.0. The van der Waals surface area contributed by atoms with Gasteiger partial charge < -0.3 is 9.15 Å². The van der Waals surface area contributed by atoms with E-state index in [0.29, 0.717) is 22.9 Å². The van der Waals surface area contributed by atoms with Crippen molar-refractivity contribution in [3.8, 4) is 17.5 Å². The zero-order chi connectivity index (χ0) is 20.9. The van der Waals surface area contributed by atoms with Crippen LogP contribution in [0.4, 0.5) is 0 Å². The van der Waals surface area contributed by atoms with E-state index in [4.69, 9.17) is 14.4 Å². The summed E-state index contributed by atoms with van der Waals surface area (Å²) in [5.41, 5.74) is 1.58. The maximum atomic E-state index is 12.2. The number of aromatic nitrogens is 1. The third kappa shape index (κ3) is 5.07. The molecule has 0 radical (unpaired) electrons. The monoisotopic (exact) mass is 411 g/mol. The van der Waals surface area contributed by atoms with Crippen molar-refractivity contribution in [2.75, 3.05) is 6.54 Å². The number of hydrogen-bond acceptors (Lipinski definition) is 7. The molecule has 0 aliphatic carbocycles. The molecule has 2 aromatic carbocycles. The Balaban J connectivity index is 1.56. The lowest BCUT2D eigenvalue weighted by atomic mass is 10.2. The molecule has 0 amide bonds. The molecule has 0 bridgehead atoms. The second kappa shape index (κ2) is 8.68. The summed E-state index contributed by atoms with van der Waals surface area (Å²) in [6, 6.07) is 16.5. The van der Waals surface area contributed by atoms with Crippen molar-refractivity contribution in [1.29, 1.82) is 5.26 Å². The molecule has 0 aliphatic rings. The molecule has 0 spiro atoms. The van der Waals surface area contributed by atoms with Crippen LogP contribution in [0.3, 0.4) is 0 Å². The minimum Gasteiger partial charge on any atom is -0.458 e. The zero-order valence-corrected chi connectivity index (χ0v) is 16.3. The molecule has 1 aromatic heterocycles. The fraction of sp³-hybridized carbons (Fsp3) is 0.150. The van der Waals surface area contributed by atoms with Crippen molar-refractivity contribution in [3.63, 3.8) is 0 Å². The number of rotatable bonds is 7. The Morgan fingerprint density at radius 3 is 2.52 bits per heavy atom. The first kappa shape index (κ1) is 20.3. The number of aryl methyl sites for hydroxylation is 1. The molecule has 0 atom stereocenters. The lowest BCUT2D eigenvalue weighted by Gasteiger charge is -2.07. The number of nitrogens with zero attached hydrogens (tertiary/aromatic N) is 2. The second-order valence-electron chi connectivity index (χ2n) is 6.01. The summed E-state index contributed by atoms with van der Waals surface area (Å²) in [5.74, 6) is 0.163. The fourth-order valence-corrected chi connectivity index (χ4v) is 3.38. The van der Waals surface area contributed by atoms with Crippen LogP contribution in [0.1, 0.15) is 17.0 Å². The Bertz CT molecular complexity index is 1150. The van der Waals surface area contributed by atoms with E-state index in [0.717, 1.165) is 5.56 Å². The summed E-state index contributed by atoms with van der Waals surface area (Å²) >= 11 is 0. The van der Waals surface area contributed by atoms with Crippen molar-refractivity contribution >= 4 is 16.0 Å². The molecule has 0 unspecified atom stereocenters. The number of hydrogen-bond donors (Lipinski definition) is 1. The summed E-state index contributed by atoms with van der Waals surface area (Å²) in [6.07, 6.45) is 0. The Morgan fingerprint density at radius 2 is 1.86 bits per heavy atom. The van der Waals surface area contributed by atoms with E-state index in [2.05, 4.69) is 9.71 Å². The largest absolute Gasteiger partial charge is 0.458 e. The van der Waals surface area contributed by atoms with Crippen LogP contribution >= 0.6 is 0 Å². The Morgan fingerprint density at radius 1 is 1.17 bits per heavy atom. The molecule has 29 heavy (non-hydrogen) atoms. The second-order valence-corrected chi connectivity index (χ2v) is 7.78. The van der Waals surface area contributed by atoms with Gasteiger partial charge in [-0.15, -0.1) is 0 Å². The summed E-state index contributed by atoms with van der Waals surface area (Å²) < 4.78 is 37.2. The van der Waals surface area contributed by atoms with Crippen molar-refractivity contribution in [1.82, 2.24) is 9.71 Å². The van der Waals surface area contributed by atoms with Crippen LogP contribution in [-0.2, 0) is 26.2 Å². The van der Waals surface area contributed by atoms with Crippen LogP contribution in [0.25, 0.3) is 11.5 Å². The number of ether oxygens (including phenoxy) is 1. The topological polar surface area (TPSA) is 122 Å². The van der Waals surface area contributed by atoms with E-state index < -0.39 is 22.5 Å². The maximum Gasteiger partial charge on any atom is 0.321 e. The predicted octanol–water partition coefficient (Wildman–Crippen LogP) is 2.54. The van der Waals surface area contributed by atoms with Crippen LogP contribution in [0, 0.1) is 18.3 Å². The predicted molar refractivity (Wildman–Crippen MR) is 103 cm³/mol. The van der Waals surface area contributed by atoms with Gasteiger partial charge >= 0.3 is 5.97 Å². The van der Waals surface area contributed by atoms with Crippen molar-refractivity contribution < 1.29 is 22.4 Å². The van der Waals surface area contributed by atoms with Gasteiger partial charge in [0.15, 0.2) is 0 Å². The highest BCUT2D eigenvalue weighted by Gasteiger charge is 2.17. The van der Waals surface area contributed by atoms with Gasteiger partial charge in [0, 0.05) is 5.56 Å². The molecule has 0 aliphatic heterocycles. The van der Waals surface area contributed by atoms with Gasteiger partial charge in [-0.3, -0.25) is 4.79 Å². The van der Waals surface area contributed by atoms with Gasteiger partial charge in [0.1, 0.15) is 24.6 Å². The number of oxazole rings is 1. The van der Waals surface area contributed by atoms with E-state index in [9.17, 15) is 13.2 Å². The third-order valence-corrected chi connectivity index (χ3v) is 5.40. The molecule has 8 nitrogen and oxygen atoms in total. The standard InChI is InChI=1S/C20H17N3O5S/c1-14-18(23-20(28-14)16-5-3-2-4-6-16)13-27-19(24)12-22-29(25,26)17-9-7-15(11-21)8-10-17/h2-10,22H,12-13H2,1H3. The molecular weight excluding hydrogens is 394 g/mol. The highest BCUT2D eigenvalue weighted by molar-refractivity contribution is 7.89. The lowest BCUT2D eigenvalue weighted by molar-refractivity contribution is -0.143. The number of carbonyl (C=O) groups is 1. The summed E-state index contributed by atoms with van der Waals surface area (Å²) in [4.78, 5) is 16.2. The van der Waals surface area contributed by atoms with Gasteiger partial charge in [-0.05, 0) is 43.3 Å². The lowest BCUT2D eigenvalue weighted by Crippen LogP contribution is -2.30. The quantitative estimate of drug-likeness (QED) is 0.593. The van der Waals surface area contributed by atoms with Crippen molar-refractivity contribution in [2.45, 2.75) is 18.4 Å². The van der Waals surface area contributed by atoms with Gasteiger partial charge in [0.25, 0.3) is 0 Å². The minimum atomic E-state index is -3.90. The summed E-state index contributed by atoms with van der Waals surface area (Å²) in [7, 11) is -3.90. The Labute approximate surface area is 167 Å². The van der Waals surface area contributed by atoms with Gasteiger partial charge in [0.2, 0.25) is 15.9 Å². The Hall–Kier alpha value is -3.48. The number of esters is 1. The van der Waals surface area contributed by atoms with Crippen LogP contribution in [0.15, 0.2) is 63.9 Å². The molecule has 0 saturated heterocycles. The fourth-order valence-electron chi connectivity index (χ4n) is 2.41. The summed E-state index contributed by atoms with van der Waals surface area (Å²) in [6.45, 7) is 1.03. The highest BCUT2D eigenvalue weighted by Crippen LogP contribution is 2.21. The van der Waals surface area contributed by atoms with Crippen LogP contribution in [-0.4, -0.2) is 25.9 Å². The van der Waals surface area contributed by atoms with Gasteiger partial charge in [-0.1, -0.05) is 18.2 Å². The average molecular weight is 411 g/mol. The van der Waals surface area contributed by atoms with Crippen LogP contribution in [0.5, 0.6) is 0 Å². The summed E-state index contributed by atoms with van der Waals surface area (Å²) in [5, 5.41) is 8.76. The van der Waals surface area contributed by atoms with Crippen LogP contribution in [0.2, 0.25) is 0 Å². The molecule has 1 heterocycles.